The van der Waals surface area contributed by atoms with Crippen LogP contribution in [0.3, 0.4) is 0 Å². The summed E-state index contributed by atoms with van der Waals surface area (Å²) in [5, 5.41) is 0. The third kappa shape index (κ3) is 4.75. The van der Waals surface area contributed by atoms with E-state index in [0.717, 1.165) is 11.4 Å². The third-order valence-electron chi connectivity index (χ3n) is 3.85. The second-order valence-corrected chi connectivity index (χ2v) is 6.16. The molecule has 1 fully saturated rings. The van der Waals surface area contributed by atoms with Crippen molar-refractivity contribution in [2.45, 2.75) is 45.6 Å². The summed E-state index contributed by atoms with van der Waals surface area (Å²) in [4.78, 5) is 0. The zero-order valence-corrected chi connectivity index (χ0v) is 12.0. The molecule has 106 valence electrons. The number of hydrogen-bond acceptors (Lipinski definition) is 3. The topological polar surface area (TPSA) is 44.5 Å². The fourth-order valence-electron chi connectivity index (χ4n) is 2.52. The molecule has 0 aromatic heterocycles. The third-order valence-corrected chi connectivity index (χ3v) is 3.85. The molecule has 0 heterocycles. The first-order chi connectivity index (χ1) is 9.05. The van der Waals surface area contributed by atoms with Crippen LogP contribution in [0.15, 0.2) is 24.3 Å². The number of benzene rings is 1. The van der Waals surface area contributed by atoms with Gasteiger partial charge in [-0.05, 0) is 43.2 Å². The number of rotatable bonds is 5. The lowest BCUT2D eigenvalue weighted by Gasteiger charge is -2.34. The average molecular weight is 263 g/mol. The first-order valence-corrected chi connectivity index (χ1v) is 7.15. The van der Waals surface area contributed by atoms with Gasteiger partial charge in [0.15, 0.2) is 0 Å². The second-order valence-electron chi connectivity index (χ2n) is 6.16. The SMILES string of the molecule is CC1(C)CCC(OCCOc2cccc(N)c2)CC1. The minimum absolute atomic E-state index is 0.414. The van der Waals surface area contributed by atoms with Crippen molar-refractivity contribution < 1.29 is 9.47 Å². The standard InChI is InChI=1S/C16H25NO2/c1-16(2)8-6-14(7-9-16)18-10-11-19-15-5-3-4-13(17)12-15/h3-5,12,14H,6-11,17H2,1-2H3. The van der Waals surface area contributed by atoms with Gasteiger partial charge in [-0.15, -0.1) is 0 Å². The molecule has 3 heteroatoms. The number of anilines is 1. The van der Waals surface area contributed by atoms with Crippen molar-refractivity contribution in [3.8, 4) is 5.75 Å². The van der Waals surface area contributed by atoms with Gasteiger partial charge in [-0.2, -0.15) is 0 Å². The molecular weight excluding hydrogens is 238 g/mol. The molecule has 1 aliphatic carbocycles. The van der Waals surface area contributed by atoms with Crippen LogP contribution in [-0.4, -0.2) is 19.3 Å². The lowest BCUT2D eigenvalue weighted by molar-refractivity contribution is -0.00731. The van der Waals surface area contributed by atoms with Crippen LogP contribution in [0, 0.1) is 5.41 Å². The molecule has 0 aliphatic heterocycles. The Kier molecular flexibility index (Phi) is 4.70. The molecule has 1 saturated carbocycles. The molecule has 2 N–H and O–H groups in total. The van der Waals surface area contributed by atoms with Gasteiger partial charge in [0.05, 0.1) is 12.7 Å². The highest BCUT2D eigenvalue weighted by atomic mass is 16.5. The van der Waals surface area contributed by atoms with Crippen LogP contribution in [0.25, 0.3) is 0 Å². The van der Waals surface area contributed by atoms with E-state index in [2.05, 4.69) is 13.8 Å². The Labute approximate surface area is 116 Å². The number of hydrogen-bond donors (Lipinski definition) is 1. The Morgan fingerprint density at radius 2 is 1.95 bits per heavy atom. The van der Waals surface area contributed by atoms with Gasteiger partial charge < -0.3 is 15.2 Å². The quantitative estimate of drug-likeness (QED) is 0.651. The van der Waals surface area contributed by atoms with Gasteiger partial charge in [0, 0.05) is 11.8 Å². The van der Waals surface area contributed by atoms with E-state index in [0.29, 0.717) is 24.7 Å². The van der Waals surface area contributed by atoms with Gasteiger partial charge in [0.25, 0.3) is 0 Å². The molecule has 0 bridgehead atoms. The maximum Gasteiger partial charge on any atom is 0.121 e. The van der Waals surface area contributed by atoms with Crippen LogP contribution in [0.4, 0.5) is 5.69 Å². The normalized spacial score (nSPS) is 19.3. The number of nitrogen functional groups attached to an aromatic ring is 1. The van der Waals surface area contributed by atoms with E-state index in [1.54, 1.807) is 0 Å². The van der Waals surface area contributed by atoms with Crippen molar-refractivity contribution >= 4 is 5.69 Å². The second kappa shape index (κ2) is 6.29. The molecule has 0 radical (unpaired) electrons. The molecule has 1 aromatic carbocycles. The van der Waals surface area contributed by atoms with Gasteiger partial charge in [-0.3, -0.25) is 0 Å². The van der Waals surface area contributed by atoms with Gasteiger partial charge >= 0.3 is 0 Å². The Bertz CT molecular complexity index is 393. The average Bonchev–Trinajstić information content (AvgIpc) is 2.36. The summed E-state index contributed by atoms with van der Waals surface area (Å²) in [6, 6.07) is 7.50. The van der Waals surface area contributed by atoms with E-state index in [4.69, 9.17) is 15.2 Å². The maximum absolute atomic E-state index is 5.87. The monoisotopic (exact) mass is 263 g/mol. The Morgan fingerprint density at radius 3 is 2.63 bits per heavy atom. The number of ether oxygens (including phenoxy) is 2. The summed E-state index contributed by atoms with van der Waals surface area (Å²) in [6.45, 7) is 5.92. The van der Waals surface area contributed by atoms with Crippen LogP contribution in [0.2, 0.25) is 0 Å². The smallest absolute Gasteiger partial charge is 0.121 e. The fourth-order valence-corrected chi connectivity index (χ4v) is 2.52. The molecule has 0 saturated heterocycles. The Hall–Kier alpha value is -1.22. The highest BCUT2D eigenvalue weighted by Crippen LogP contribution is 2.36. The van der Waals surface area contributed by atoms with Crippen LogP contribution < -0.4 is 10.5 Å². The van der Waals surface area contributed by atoms with Gasteiger partial charge in [0.2, 0.25) is 0 Å². The molecule has 0 atom stereocenters. The minimum Gasteiger partial charge on any atom is -0.491 e. The lowest BCUT2D eigenvalue weighted by Crippen LogP contribution is -2.27. The van der Waals surface area contributed by atoms with Gasteiger partial charge in [-0.25, -0.2) is 0 Å². The van der Waals surface area contributed by atoms with Gasteiger partial charge in [0.1, 0.15) is 12.4 Å². The van der Waals surface area contributed by atoms with Crippen molar-refractivity contribution in [2.24, 2.45) is 5.41 Å². The first-order valence-electron chi connectivity index (χ1n) is 7.15. The summed E-state index contributed by atoms with van der Waals surface area (Å²) in [5.74, 6) is 0.813. The summed E-state index contributed by atoms with van der Waals surface area (Å²) in [5.41, 5.74) is 6.92. The highest BCUT2D eigenvalue weighted by molar-refractivity contribution is 5.43. The van der Waals surface area contributed by atoms with Crippen molar-refractivity contribution in [1.82, 2.24) is 0 Å². The maximum atomic E-state index is 5.87. The van der Waals surface area contributed by atoms with E-state index in [9.17, 15) is 0 Å². The highest BCUT2D eigenvalue weighted by Gasteiger charge is 2.26. The molecule has 19 heavy (non-hydrogen) atoms. The molecule has 3 nitrogen and oxygen atoms in total. The minimum atomic E-state index is 0.414. The van der Waals surface area contributed by atoms with E-state index in [1.165, 1.54) is 25.7 Å². The van der Waals surface area contributed by atoms with Crippen LogP contribution in [0.1, 0.15) is 39.5 Å². The van der Waals surface area contributed by atoms with Crippen LogP contribution >= 0.6 is 0 Å². The largest absolute Gasteiger partial charge is 0.491 e. The first kappa shape index (κ1) is 14.2. The summed E-state index contributed by atoms with van der Waals surface area (Å²) in [7, 11) is 0. The van der Waals surface area contributed by atoms with Gasteiger partial charge in [-0.1, -0.05) is 19.9 Å². The van der Waals surface area contributed by atoms with E-state index in [1.807, 2.05) is 24.3 Å². The summed E-state index contributed by atoms with van der Waals surface area (Å²) < 4.78 is 11.5. The van der Waals surface area contributed by atoms with Crippen molar-refractivity contribution in [3.05, 3.63) is 24.3 Å². The number of nitrogens with two attached hydrogens (primary N) is 1. The van der Waals surface area contributed by atoms with Crippen molar-refractivity contribution in [3.63, 3.8) is 0 Å². The van der Waals surface area contributed by atoms with E-state index >= 15 is 0 Å². The lowest BCUT2D eigenvalue weighted by atomic mass is 9.76. The molecule has 0 amide bonds. The molecular formula is C16H25NO2. The summed E-state index contributed by atoms with van der Waals surface area (Å²) in [6.07, 6.45) is 5.27. The van der Waals surface area contributed by atoms with Crippen molar-refractivity contribution in [2.75, 3.05) is 18.9 Å². The summed E-state index contributed by atoms with van der Waals surface area (Å²) >= 11 is 0. The molecule has 0 unspecified atom stereocenters. The Balaban J connectivity index is 1.62. The molecule has 1 aromatic rings. The molecule has 0 spiro atoms. The Morgan fingerprint density at radius 1 is 1.21 bits per heavy atom. The van der Waals surface area contributed by atoms with E-state index in [-0.39, 0.29) is 0 Å². The van der Waals surface area contributed by atoms with Crippen molar-refractivity contribution in [1.29, 1.82) is 0 Å². The molecule has 2 rings (SSSR count). The zero-order valence-electron chi connectivity index (χ0n) is 12.0. The van der Waals surface area contributed by atoms with E-state index < -0.39 is 0 Å². The predicted octanol–water partition coefficient (Wildman–Crippen LogP) is 3.63. The fraction of sp³-hybridized carbons (Fsp3) is 0.625. The van der Waals surface area contributed by atoms with Crippen LogP contribution in [-0.2, 0) is 4.74 Å². The van der Waals surface area contributed by atoms with Crippen LogP contribution in [0.5, 0.6) is 5.75 Å². The molecule has 1 aliphatic rings. The predicted molar refractivity (Wildman–Crippen MR) is 78.3 cm³/mol. The zero-order chi connectivity index (χ0) is 13.7.